The summed E-state index contributed by atoms with van der Waals surface area (Å²) < 4.78 is 39.6. The van der Waals surface area contributed by atoms with Crippen LogP contribution < -0.4 is 9.47 Å². The molecule has 3 aromatic rings. The highest BCUT2D eigenvalue weighted by molar-refractivity contribution is 5.71. The molecule has 2 nitrogen and oxygen atoms in total. The van der Waals surface area contributed by atoms with E-state index in [1.165, 1.54) is 12.1 Å². The van der Waals surface area contributed by atoms with Crippen molar-refractivity contribution in [2.24, 2.45) is 5.92 Å². The van der Waals surface area contributed by atoms with Crippen LogP contribution in [0.1, 0.15) is 20.8 Å². The van der Waals surface area contributed by atoms with Crippen LogP contribution in [0, 0.1) is 17.6 Å². The lowest BCUT2D eigenvalue weighted by Gasteiger charge is -2.11. The summed E-state index contributed by atoms with van der Waals surface area (Å²) in [6.45, 7) is 7.00. The smallest absolute Gasteiger partial charge is 0.137 e. The lowest BCUT2D eigenvalue weighted by atomic mass is 9.99. The molecular weight excluding hydrogens is 358 g/mol. The zero-order valence-corrected chi connectivity index (χ0v) is 16.3. The van der Waals surface area contributed by atoms with Crippen LogP contribution in [0.15, 0.2) is 60.7 Å². The summed E-state index contributed by atoms with van der Waals surface area (Å²) in [5, 5.41) is 0. The van der Waals surface area contributed by atoms with Gasteiger partial charge in [-0.25, -0.2) is 8.78 Å². The lowest BCUT2D eigenvalue weighted by molar-refractivity contribution is 0.271. The van der Waals surface area contributed by atoms with Gasteiger partial charge in [0, 0.05) is 12.1 Å². The standard InChI is InChI=1S/C24H24F2O2/c1-4-27-21-13-22(25)24(23(26)14-21)19-7-5-17(6-8-19)18-9-11-20(12-10-18)28-15-16(2)3/h5-14,16H,4,15H2,1-3H3. The van der Waals surface area contributed by atoms with Gasteiger partial charge in [0.2, 0.25) is 0 Å². The highest BCUT2D eigenvalue weighted by Gasteiger charge is 2.14. The fourth-order valence-corrected chi connectivity index (χ4v) is 2.91. The molecular formula is C24H24F2O2. The maximum atomic E-state index is 14.4. The number of rotatable bonds is 7. The van der Waals surface area contributed by atoms with Crippen LogP contribution in [0.5, 0.6) is 11.5 Å². The van der Waals surface area contributed by atoms with Gasteiger partial charge in [0.05, 0.1) is 18.8 Å². The van der Waals surface area contributed by atoms with Gasteiger partial charge in [-0.2, -0.15) is 0 Å². The molecule has 0 aliphatic carbocycles. The number of halogens is 2. The molecule has 0 unspecified atom stereocenters. The van der Waals surface area contributed by atoms with Crippen molar-refractivity contribution in [2.45, 2.75) is 20.8 Å². The van der Waals surface area contributed by atoms with E-state index in [9.17, 15) is 8.78 Å². The van der Waals surface area contributed by atoms with E-state index in [4.69, 9.17) is 9.47 Å². The van der Waals surface area contributed by atoms with Gasteiger partial charge in [-0.3, -0.25) is 0 Å². The van der Waals surface area contributed by atoms with E-state index >= 15 is 0 Å². The summed E-state index contributed by atoms with van der Waals surface area (Å²) in [4.78, 5) is 0. The Kier molecular flexibility index (Phi) is 6.30. The zero-order chi connectivity index (χ0) is 20.1. The Morgan fingerprint density at radius 1 is 0.714 bits per heavy atom. The Balaban J connectivity index is 1.80. The average molecular weight is 382 g/mol. The topological polar surface area (TPSA) is 18.5 Å². The highest BCUT2D eigenvalue weighted by atomic mass is 19.1. The molecule has 0 aromatic heterocycles. The minimum atomic E-state index is -0.636. The number of hydrogen-bond acceptors (Lipinski definition) is 2. The van der Waals surface area contributed by atoms with Crippen molar-refractivity contribution in [3.63, 3.8) is 0 Å². The third kappa shape index (κ3) is 4.69. The second kappa shape index (κ2) is 8.87. The minimum absolute atomic E-state index is 0.0487. The molecule has 0 spiro atoms. The van der Waals surface area contributed by atoms with Crippen molar-refractivity contribution in [1.82, 2.24) is 0 Å². The summed E-state index contributed by atoms with van der Waals surface area (Å²) in [5.74, 6) is 0.214. The largest absolute Gasteiger partial charge is 0.494 e. The Labute approximate surface area is 164 Å². The molecule has 0 saturated carbocycles. The van der Waals surface area contributed by atoms with Gasteiger partial charge < -0.3 is 9.47 Å². The van der Waals surface area contributed by atoms with Crippen molar-refractivity contribution in [3.8, 4) is 33.8 Å². The van der Waals surface area contributed by atoms with E-state index < -0.39 is 11.6 Å². The molecule has 0 aliphatic heterocycles. The molecule has 0 N–H and O–H groups in total. The predicted octanol–water partition coefficient (Wildman–Crippen LogP) is 6.73. The maximum Gasteiger partial charge on any atom is 0.137 e. The monoisotopic (exact) mass is 382 g/mol. The van der Waals surface area contributed by atoms with Crippen LogP contribution in [0.25, 0.3) is 22.3 Å². The molecule has 4 heteroatoms. The number of ether oxygens (including phenoxy) is 2. The molecule has 0 atom stereocenters. The third-order valence-corrected chi connectivity index (χ3v) is 4.27. The Bertz CT molecular complexity index is 893. The van der Waals surface area contributed by atoms with Gasteiger partial charge in [-0.05, 0) is 41.7 Å². The SMILES string of the molecule is CCOc1cc(F)c(-c2ccc(-c3ccc(OCC(C)C)cc3)cc2)c(F)c1. The lowest BCUT2D eigenvalue weighted by Crippen LogP contribution is -2.04. The van der Waals surface area contributed by atoms with Gasteiger partial charge >= 0.3 is 0 Å². The van der Waals surface area contributed by atoms with E-state index in [0.717, 1.165) is 16.9 Å². The van der Waals surface area contributed by atoms with E-state index in [0.29, 0.717) is 24.7 Å². The Hall–Kier alpha value is -2.88. The van der Waals surface area contributed by atoms with Gasteiger partial charge in [0.1, 0.15) is 23.1 Å². The molecule has 0 heterocycles. The quantitative estimate of drug-likeness (QED) is 0.451. The molecule has 0 aliphatic rings. The van der Waals surface area contributed by atoms with Gasteiger partial charge in [-0.15, -0.1) is 0 Å². The first-order valence-electron chi connectivity index (χ1n) is 9.43. The molecule has 3 aromatic carbocycles. The minimum Gasteiger partial charge on any atom is -0.494 e. The van der Waals surface area contributed by atoms with Crippen molar-refractivity contribution < 1.29 is 18.3 Å². The Morgan fingerprint density at radius 2 is 1.21 bits per heavy atom. The van der Waals surface area contributed by atoms with Crippen molar-refractivity contribution >= 4 is 0 Å². The van der Waals surface area contributed by atoms with Crippen molar-refractivity contribution in [2.75, 3.05) is 13.2 Å². The average Bonchev–Trinajstić information content (AvgIpc) is 2.67. The molecule has 0 saturated heterocycles. The van der Waals surface area contributed by atoms with Crippen LogP contribution >= 0.6 is 0 Å². The molecule has 0 radical (unpaired) electrons. The molecule has 28 heavy (non-hydrogen) atoms. The first-order chi connectivity index (χ1) is 13.5. The highest BCUT2D eigenvalue weighted by Crippen LogP contribution is 2.32. The fraction of sp³-hybridized carbons (Fsp3) is 0.250. The molecule has 0 fully saturated rings. The molecule has 0 amide bonds. The maximum absolute atomic E-state index is 14.4. The number of hydrogen-bond donors (Lipinski definition) is 0. The van der Waals surface area contributed by atoms with E-state index in [-0.39, 0.29) is 11.3 Å². The van der Waals surface area contributed by atoms with Crippen LogP contribution in [-0.4, -0.2) is 13.2 Å². The van der Waals surface area contributed by atoms with Crippen LogP contribution in [-0.2, 0) is 0 Å². The second-order valence-electron chi connectivity index (χ2n) is 7.00. The van der Waals surface area contributed by atoms with E-state index in [2.05, 4.69) is 13.8 Å². The third-order valence-electron chi connectivity index (χ3n) is 4.27. The van der Waals surface area contributed by atoms with Crippen molar-refractivity contribution in [1.29, 1.82) is 0 Å². The number of benzene rings is 3. The Morgan fingerprint density at radius 3 is 1.71 bits per heavy atom. The molecule has 146 valence electrons. The zero-order valence-electron chi connectivity index (χ0n) is 16.3. The molecule has 0 bridgehead atoms. The molecule has 3 rings (SSSR count). The summed E-state index contributed by atoms with van der Waals surface area (Å²) in [6.07, 6.45) is 0. The normalized spacial score (nSPS) is 10.9. The van der Waals surface area contributed by atoms with Gasteiger partial charge in [0.15, 0.2) is 0 Å². The second-order valence-corrected chi connectivity index (χ2v) is 7.00. The van der Waals surface area contributed by atoms with E-state index in [1.807, 2.05) is 36.4 Å². The first-order valence-corrected chi connectivity index (χ1v) is 9.43. The summed E-state index contributed by atoms with van der Waals surface area (Å²) in [7, 11) is 0. The van der Waals surface area contributed by atoms with E-state index in [1.54, 1.807) is 19.1 Å². The van der Waals surface area contributed by atoms with Crippen LogP contribution in [0.2, 0.25) is 0 Å². The van der Waals surface area contributed by atoms with Gasteiger partial charge in [0.25, 0.3) is 0 Å². The summed E-state index contributed by atoms with van der Waals surface area (Å²) in [6, 6.07) is 17.4. The predicted molar refractivity (Wildman–Crippen MR) is 109 cm³/mol. The first kappa shape index (κ1) is 19.9. The van der Waals surface area contributed by atoms with Crippen LogP contribution in [0.4, 0.5) is 8.78 Å². The van der Waals surface area contributed by atoms with Crippen molar-refractivity contribution in [3.05, 3.63) is 72.3 Å². The summed E-state index contributed by atoms with van der Waals surface area (Å²) in [5.41, 5.74) is 2.41. The summed E-state index contributed by atoms with van der Waals surface area (Å²) >= 11 is 0. The van der Waals surface area contributed by atoms with Crippen LogP contribution in [0.3, 0.4) is 0 Å². The fourth-order valence-electron chi connectivity index (χ4n) is 2.91. The van der Waals surface area contributed by atoms with Gasteiger partial charge in [-0.1, -0.05) is 50.2 Å².